The molecule has 2 atom stereocenters. The second kappa shape index (κ2) is 4.45. The van der Waals surface area contributed by atoms with E-state index in [4.69, 9.17) is 0 Å². The third kappa shape index (κ3) is 2.48. The lowest BCUT2D eigenvalue weighted by molar-refractivity contribution is -0.121. The van der Waals surface area contributed by atoms with Crippen LogP contribution in [-0.2, 0) is 4.79 Å². The molecule has 1 saturated heterocycles. The Morgan fingerprint density at radius 1 is 1.67 bits per heavy atom. The van der Waals surface area contributed by atoms with Gasteiger partial charge >= 0.3 is 0 Å². The Morgan fingerprint density at radius 2 is 2.42 bits per heavy atom. The molecule has 1 fully saturated rings. The Morgan fingerprint density at radius 3 is 2.92 bits per heavy atom. The Balaban J connectivity index is 2.25. The number of amides is 1. The summed E-state index contributed by atoms with van der Waals surface area (Å²) in [6, 6.07) is 0.787. The van der Waals surface area contributed by atoms with Crippen LogP contribution in [0.2, 0.25) is 0 Å². The van der Waals surface area contributed by atoms with Crippen LogP contribution in [0.3, 0.4) is 0 Å². The number of hydrogen-bond donors (Lipinski definition) is 2. The van der Waals surface area contributed by atoms with Crippen molar-refractivity contribution in [3.63, 3.8) is 0 Å². The Hall–Kier alpha value is -0.570. The van der Waals surface area contributed by atoms with Gasteiger partial charge in [0.15, 0.2) is 0 Å². The molecular formula is C9H18N2O. The number of carbonyl (C=O) groups is 1. The molecule has 2 unspecified atom stereocenters. The highest BCUT2D eigenvalue weighted by Gasteiger charge is 2.23. The zero-order chi connectivity index (χ0) is 8.97. The minimum atomic E-state index is 0.193. The van der Waals surface area contributed by atoms with E-state index in [1.165, 1.54) is 0 Å². The Bertz CT molecular complexity index is 159. The average molecular weight is 170 g/mol. The molecule has 1 rings (SSSR count). The summed E-state index contributed by atoms with van der Waals surface area (Å²) in [6.45, 7) is 5.16. The van der Waals surface area contributed by atoms with Gasteiger partial charge in [-0.1, -0.05) is 6.92 Å². The highest BCUT2D eigenvalue weighted by Crippen LogP contribution is 2.06. The third-order valence-corrected chi connectivity index (χ3v) is 2.35. The first kappa shape index (κ1) is 9.52. The summed E-state index contributed by atoms with van der Waals surface area (Å²) >= 11 is 0. The molecule has 0 spiro atoms. The first-order chi connectivity index (χ1) is 5.74. The molecule has 12 heavy (non-hydrogen) atoms. The van der Waals surface area contributed by atoms with Gasteiger partial charge in [-0.2, -0.15) is 0 Å². The van der Waals surface area contributed by atoms with E-state index in [1.807, 2.05) is 6.92 Å². The lowest BCUT2D eigenvalue weighted by Crippen LogP contribution is -2.41. The molecule has 0 saturated carbocycles. The minimum Gasteiger partial charge on any atom is -0.352 e. The molecule has 1 aliphatic rings. The maximum absolute atomic E-state index is 11.2. The van der Waals surface area contributed by atoms with Gasteiger partial charge in [-0.05, 0) is 26.3 Å². The van der Waals surface area contributed by atoms with Crippen molar-refractivity contribution in [2.45, 2.75) is 45.2 Å². The number of nitrogens with one attached hydrogen (secondary N) is 2. The average Bonchev–Trinajstić information content (AvgIpc) is 2.37. The molecule has 0 radical (unpaired) electrons. The van der Waals surface area contributed by atoms with Crippen LogP contribution in [0.4, 0.5) is 0 Å². The van der Waals surface area contributed by atoms with E-state index in [2.05, 4.69) is 17.6 Å². The topological polar surface area (TPSA) is 41.1 Å². The summed E-state index contributed by atoms with van der Waals surface area (Å²) in [5.74, 6) is 0.193. The van der Waals surface area contributed by atoms with Crippen LogP contribution >= 0.6 is 0 Å². The van der Waals surface area contributed by atoms with E-state index >= 15 is 0 Å². The molecule has 0 bridgehead atoms. The van der Waals surface area contributed by atoms with Crippen molar-refractivity contribution in [2.24, 2.45) is 0 Å². The first-order valence-electron chi connectivity index (χ1n) is 4.76. The van der Waals surface area contributed by atoms with E-state index in [9.17, 15) is 4.79 Å². The van der Waals surface area contributed by atoms with Gasteiger partial charge in [-0.3, -0.25) is 4.79 Å². The summed E-state index contributed by atoms with van der Waals surface area (Å²) < 4.78 is 0. The van der Waals surface area contributed by atoms with Crippen molar-refractivity contribution in [1.82, 2.24) is 10.6 Å². The summed E-state index contributed by atoms with van der Waals surface area (Å²) in [7, 11) is 0. The highest BCUT2D eigenvalue weighted by molar-refractivity contribution is 5.76. The van der Waals surface area contributed by atoms with Gasteiger partial charge in [-0.25, -0.2) is 0 Å². The van der Waals surface area contributed by atoms with Crippen LogP contribution in [0.25, 0.3) is 0 Å². The largest absolute Gasteiger partial charge is 0.352 e. The van der Waals surface area contributed by atoms with Crippen LogP contribution in [0.5, 0.6) is 0 Å². The van der Waals surface area contributed by atoms with Crippen LogP contribution in [0, 0.1) is 0 Å². The normalized spacial score (nSPS) is 28.8. The van der Waals surface area contributed by atoms with Crippen molar-refractivity contribution in [3.8, 4) is 0 Å². The maximum Gasteiger partial charge on any atom is 0.220 e. The second-order valence-electron chi connectivity index (χ2n) is 3.46. The van der Waals surface area contributed by atoms with Crippen molar-refractivity contribution in [3.05, 3.63) is 0 Å². The first-order valence-corrected chi connectivity index (χ1v) is 4.76. The van der Waals surface area contributed by atoms with E-state index in [0.29, 0.717) is 18.5 Å². The van der Waals surface area contributed by atoms with Gasteiger partial charge in [-0.15, -0.1) is 0 Å². The van der Waals surface area contributed by atoms with E-state index in [1.54, 1.807) is 0 Å². The Labute approximate surface area is 73.9 Å². The zero-order valence-electron chi connectivity index (χ0n) is 7.89. The van der Waals surface area contributed by atoms with Crippen molar-refractivity contribution in [2.75, 3.05) is 6.54 Å². The smallest absolute Gasteiger partial charge is 0.220 e. The second-order valence-corrected chi connectivity index (χ2v) is 3.46. The highest BCUT2D eigenvalue weighted by atomic mass is 16.1. The predicted octanol–water partition coefficient (Wildman–Crippen LogP) is 0.653. The van der Waals surface area contributed by atoms with Crippen LogP contribution in [0.1, 0.15) is 33.1 Å². The van der Waals surface area contributed by atoms with E-state index in [-0.39, 0.29) is 5.91 Å². The Kier molecular flexibility index (Phi) is 3.53. The molecule has 3 nitrogen and oxygen atoms in total. The molecule has 0 aromatic rings. The maximum atomic E-state index is 11.2. The van der Waals surface area contributed by atoms with Gasteiger partial charge in [0.2, 0.25) is 5.91 Å². The molecule has 0 aromatic heterocycles. The van der Waals surface area contributed by atoms with Gasteiger partial charge in [0, 0.05) is 18.5 Å². The fraction of sp³-hybridized carbons (Fsp3) is 0.889. The molecule has 0 aliphatic carbocycles. The van der Waals surface area contributed by atoms with Crippen LogP contribution < -0.4 is 10.6 Å². The van der Waals surface area contributed by atoms with Crippen molar-refractivity contribution < 1.29 is 4.79 Å². The fourth-order valence-electron chi connectivity index (χ4n) is 1.56. The molecule has 1 amide bonds. The van der Waals surface area contributed by atoms with Gasteiger partial charge in [0.25, 0.3) is 0 Å². The number of rotatable bonds is 3. The van der Waals surface area contributed by atoms with Crippen LogP contribution in [-0.4, -0.2) is 24.5 Å². The van der Waals surface area contributed by atoms with Crippen molar-refractivity contribution in [1.29, 1.82) is 0 Å². The molecule has 1 heterocycles. The number of carbonyl (C=O) groups excluding carboxylic acids is 1. The summed E-state index contributed by atoms with van der Waals surface area (Å²) in [5.41, 5.74) is 0. The van der Waals surface area contributed by atoms with Crippen molar-refractivity contribution >= 4 is 5.91 Å². The van der Waals surface area contributed by atoms with Gasteiger partial charge in [0.05, 0.1) is 0 Å². The minimum absolute atomic E-state index is 0.193. The molecule has 3 heteroatoms. The summed E-state index contributed by atoms with van der Waals surface area (Å²) in [6.07, 6.45) is 2.65. The monoisotopic (exact) mass is 170 g/mol. The third-order valence-electron chi connectivity index (χ3n) is 2.35. The SMILES string of the molecule is CCCC(=O)NC1CCNC1C. The lowest BCUT2D eigenvalue weighted by atomic mass is 10.1. The summed E-state index contributed by atoms with van der Waals surface area (Å²) in [5, 5.41) is 6.33. The zero-order valence-corrected chi connectivity index (χ0v) is 7.89. The van der Waals surface area contributed by atoms with E-state index in [0.717, 1.165) is 19.4 Å². The standard InChI is InChI=1S/C9H18N2O/c1-3-4-9(12)11-8-5-6-10-7(8)2/h7-8,10H,3-6H2,1-2H3,(H,11,12). The quantitative estimate of drug-likeness (QED) is 0.653. The van der Waals surface area contributed by atoms with E-state index < -0.39 is 0 Å². The fourth-order valence-corrected chi connectivity index (χ4v) is 1.56. The van der Waals surface area contributed by atoms with Gasteiger partial charge < -0.3 is 10.6 Å². The van der Waals surface area contributed by atoms with Crippen LogP contribution in [0.15, 0.2) is 0 Å². The molecule has 0 aromatic carbocycles. The molecule has 70 valence electrons. The predicted molar refractivity (Wildman–Crippen MR) is 48.9 cm³/mol. The summed E-state index contributed by atoms with van der Waals surface area (Å²) in [4.78, 5) is 11.2. The lowest BCUT2D eigenvalue weighted by Gasteiger charge is -2.16. The molecule has 2 N–H and O–H groups in total. The number of hydrogen-bond acceptors (Lipinski definition) is 2. The molecular weight excluding hydrogens is 152 g/mol. The molecule has 1 aliphatic heterocycles. The van der Waals surface area contributed by atoms with Gasteiger partial charge in [0.1, 0.15) is 0 Å².